The van der Waals surface area contributed by atoms with Gasteiger partial charge in [-0.2, -0.15) is 15.4 Å². The van der Waals surface area contributed by atoms with E-state index >= 15 is 0 Å². The zero-order chi connectivity index (χ0) is 12.8. The van der Waals surface area contributed by atoms with E-state index in [4.69, 9.17) is 0 Å². The van der Waals surface area contributed by atoms with Crippen LogP contribution in [0.5, 0.6) is 0 Å². The Morgan fingerprint density at radius 3 is 2.94 bits per heavy atom. The van der Waals surface area contributed by atoms with Crippen molar-refractivity contribution < 1.29 is 0 Å². The molecule has 1 aromatic heterocycles. The van der Waals surface area contributed by atoms with E-state index in [-0.39, 0.29) is 6.04 Å². The maximum Gasteiger partial charge on any atom is 0.0997 e. The highest BCUT2D eigenvalue weighted by Gasteiger charge is 2.14. The van der Waals surface area contributed by atoms with Gasteiger partial charge in [-0.3, -0.25) is 0 Å². The van der Waals surface area contributed by atoms with Crippen LogP contribution < -0.4 is 5.32 Å². The molecule has 2 N–H and O–H groups in total. The number of nitrogens with one attached hydrogen (secondary N) is 2. The molecule has 2 rings (SSSR count). The quantitative estimate of drug-likeness (QED) is 0.820. The monoisotopic (exact) mass is 244 g/mol. The first-order valence-electron chi connectivity index (χ1n) is 6.44. The summed E-state index contributed by atoms with van der Waals surface area (Å²) in [4.78, 5) is 0. The molecule has 18 heavy (non-hydrogen) atoms. The number of hydrogen-bond acceptors (Lipinski definition) is 3. The Morgan fingerprint density at radius 2 is 2.28 bits per heavy atom. The number of benzene rings is 1. The second-order valence-corrected chi connectivity index (χ2v) is 4.59. The van der Waals surface area contributed by atoms with E-state index in [1.165, 1.54) is 11.1 Å². The molecule has 0 fully saturated rings. The number of rotatable bonds is 6. The smallest absolute Gasteiger partial charge is 0.0997 e. The molecular formula is C14H20N4. The standard InChI is InChI=1S/C14H20N4/c1-3-7-15-13(14-10-16-18-17-14)9-12-6-4-5-11(2)8-12/h4-6,8,10,13,15H,3,7,9H2,1-2H3,(H,16,17,18). The molecule has 0 aliphatic rings. The Hall–Kier alpha value is -1.68. The Bertz CT molecular complexity index is 464. The van der Waals surface area contributed by atoms with Gasteiger partial charge in [0.15, 0.2) is 0 Å². The van der Waals surface area contributed by atoms with Crippen molar-refractivity contribution in [2.45, 2.75) is 32.7 Å². The number of aryl methyl sites for hydroxylation is 1. The molecule has 0 spiro atoms. The summed E-state index contributed by atoms with van der Waals surface area (Å²) in [6.07, 6.45) is 3.85. The Labute approximate surface area is 108 Å². The van der Waals surface area contributed by atoms with Crippen LogP contribution in [0.15, 0.2) is 30.5 Å². The summed E-state index contributed by atoms with van der Waals surface area (Å²) >= 11 is 0. The van der Waals surface area contributed by atoms with Gasteiger partial charge in [-0.25, -0.2) is 0 Å². The Kier molecular flexibility index (Phi) is 4.47. The third kappa shape index (κ3) is 3.40. The average Bonchev–Trinajstić information content (AvgIpc) is 2.88. The lowest BCUT2D eigenvalue weighted by Crippen LogP contribution is -2.24. The fourth-order valence-corrected chi connectivity index (χ4v) is 2.05. The predicted octanol–water partition coefficient (Wildman–Crippen LogP) is 2.40. The lowest BCUT2D eigenvalue weighted by molar-refractivity contribution is 0.517. The van der Waals surface area contributed by atoms with Crippen LogP contribution in [0.4, 0.5) is 0 Å². The van der Waals surface area contributed by atoms with Gasteiger partial charge in [-0.1, -0.05) is 36.8 Å². The van der Waals surface area contributed by atoms with Gasteiger partial charge in [0.1, 0.15) is 0 Å². The molecule has 96 valence electrons. The second-order valence-electron chi connectivity index (χ2n) is 4.59. The van der Waals surface area contributed by atoms with Crippen LogP contribution in [0.3, 0.4) is 0 Å². The molecule has 0 saturated heterocycles. The van der Waals surface area contributed by atoms with E-state index in [9.17, 15) is 0 Å². The van der Waals surface area contributed by atoms with Crippen molar-refractivity contribution in [2.24, 2.45) is 0 Å². The number of H-pyrrole nitrogens is 1. The van der Waals surface area contributed by atoms with E-state index in [0.717, 1.165) is 25.1 Å². The molecule has 0 radical (unpaired) electrons. The molecule has 0 aliphatic heterocycles. The fourth-order valence-electron chi connectivity index (χ4n) is 2.05. The largest absolute Gasteiger partial charge is 0.308 e. The molecule has 1 heterocycles. The van der Waals surface area contributed by atoms with E-state index in [1.807, 2.05) is 0 Å². The van der Waals surface area contributed by atoms with E-state index in [2.05, 4.69) is 58.8 Å². The Balaban J connectivity index is 2.10. The van der Waals surface area contributed by atoms with Gasteiger partial charge in [-0.05, 0) is 31.9 Å². The summed E-state index contributed by atoms with van der Waals surface area (Å²) in [5.74, 6) is 0. The van der Waals surface area contributed by atoms with Crippen molar-refractivity contribution in [2.75, 3.05) is 6.54 Å². The van der Waals surface area contributed by atoms with E-state index in [1.54, 1.807) is 6.20 Å². The summed E-state index contributed by atoms with van der Waals surface area (Å²) < 4.78 is 0. The first-order chi connectivity index (χ1) is 8.79. The fraction of sp³-hybridized carbons (Fsp3) is 0.429. The molecule has 0 bridgehead atoms. The molecule has 1 aromatic carbocycles. The van der Waals surface area contributed by atoms with E-state index < -0.39 is 0 Å². The lowest BCUT2D eigenvalue weighted by Gasteiger charge is -2.16. The minimum Gasteiger partial charge on any atom is -0.308 e. The van der Waals surface area contributed by atoms with Gasteiger partial charge in [0.2, 0.25) is 0 Å². The minimum absolute atomic E-state index is 0.227. The number of nitrogens with zero attached hydrogens (tertiary/aromatic N) is 2. The van der Waals surface area contributed by atoms with Crippen LogP contribution in [0.2, 0.25) is 0 Å². The highest BCUT2D eigenvalue weighted by atomic mass is 15.3. The third-order valence-corrected chi connectivity index (χ3v) is 2.95. The van der Waals surface area contributed by atoms with Crippen molar-refractivity contribution in [3.05, 3.63) is 47.3 Å². The van der Waals surface area contributed by atoms with Crippen LogP contribution in [0.25, 0.3) is 0 Å². The summed E-state index contributed by atoms with van der Waals surface area (Å²) in [5, 5.41) is 14.3. The van der Waals surface area contributed by atoms with E-state index in [0.29, 0.717) is 0 Å². The molecule has 2 aromatic rings. The molecule has 4 heteroatoms. The van der Waals surface area contributed by atoms with Gasteiger partial charge in [0.25, 0.3) is 0 Å². The van der Waals surface area contributed by atoms with Crippen LogP contribution in [-0.4, -0.2) is 22.0 Å². The van der Waals surface area contributed by atoms with Crippen molar-refractivity contribution in [1.82, 2.24) is 20.7 Å². The van der Waals surface area contributed by atoms with Crippen LogP contribution >= 0.6 is 0 Å². The minimum atomic E-state index is 0.227. The van der Waals surface area contributed by atoms with Crippen molar-refractivity contribution >= 4 is 0 Å². The zero-order valence-corrected chi connectivity index (χ0v) is 11.0. The first kappa shape index (κ1) is 12.8. The van der Waals surface area contributed by atoms with Gasteiger partial charge in [0, 0.05) is 0 Å². The van der Waals surface area contributed by atoms with Crippen molar-refractivity contribution in [3.63, 3.8) is 0 Å². The highest BCUT2D eigenvalue weighted by molar-refractivity contribution is 5.24. The lowest BCUT2D eigenvalue weighted by atomic mass is 10.0. The Morgan fingerprint density at radius 1 is 1.39 bits per heavy atom. The average molecular weight is 244 g/mol. The molecule has 0 amide bonds. The number of aromatic amines is 1. The van der Waals surface area contributed by atoms with Gasteiger partial charge in [0.05, 0.1) is 17.9 Å². The SMILES string of the molecule is CCCNC(Cc1cccc(C)c1)c1cn[nH]n1. The molecule has 1 unspecified atom stereocenters. The normalized spacial score (nSPS) is 12.6. The molecule has 1 atom stereocenters. The van der Waals surface area contributed by atoms with Crippen LogP contribution in [0.1, 0.15) is 36.2 Å². The summed E-state index contributed by atoms with van der Waals surface area (Å²) in [5.41, 5.74) is 3.60. The third-order valence-electron chi connectivity index (χ3n) is 2.95. The van der Waals surface area contributed by atoms with Crippen molar-refractivity contribution in [3.8, 4) is 0 Å². The van der Waals surface area contributed by atoms with Crippen LogP contribution in [-0.2, 0) is 6.42 Å². The topological polar surface area (TPSA) is 53.6 Å². The summed E-state index contributed by atoms with van der Waals surface area (Å²) in [7, 11) is 0. The second kappa shape index (κ2) is 6.31. The molecular weight excluding hydrogens is 224 g/mol. The number of aromatic nitrogens is 3. The maximum absolute atomic E-state index is 4.19. The summed E-state index contributed by atoms with van der Waals surface area (Å²) in [6.45, 7) is 5.27. The van der Waals surface area contributed by atoms with Crippen LogP contribution in [0, 0.1) is 6.92 Å². The van der Waals surface area contributed by atoms with Gasteiger partial charge < -0.3 is 5.32 Å². The van der Waals surface area contributed by atoms with Crippen molar-refractivity contribution in [1.29, 1.82) is 0 Å². The maximum atomic E-state index is 4.19. The summed E-state index contributed by atoms with van der Waals surface area (Å²) in [6, 6.07) is 8.83. The molecule has 4 nitrogen and oxygen atoms in total. The predicted molar refractivity (Wildman–Crippen MR) is 72.3 cm³/mol. The first-order valence-corrected chi connectivity index (χ1v) is 6.44. The molecule has 0 aliphatic carbocycles. The highest BCUT2D eigenvalue weighted by Crippen LogP contribution is 2.16. The zero-order valence-electron chi connectivity index (χ0n) is 11.0. The molecule has 0 saturated carbocycles. The van der Waals surface area contributed by atoms with Gasteiger partial charge in [-0.15, -0.1) is 0 Å². The van der Waals surface area contributed by atoms with Gasteiger partial charge >= 0.3 is 0 Å². The number of hydrogen-bond donors (Lipinski definition) is 2.